The van der Waals surface area contributed by atoms with Crippen molar-refractivity contribution in [3.8, 4) is 28.4 Å². The van der Waals surface area contributed by atoms with Gasteiger partial charge < -0.3 is 19.5 Å². The minimum absolute atomic E-state index is 0.0262. The van der Waals surface area contributed by atoms with E-state index in [0.717, 1.165) is 0 Å². The van der Waals surface area contributed by atoms with Crippen LogP contribution in [0.5, 0.6) is 17.2 Å². The second kappa shape index (κ2) is 10.1. The van der Waals surface area contributed by atoms with Gasteiger partial charge in [0, 0.05) is 16.8 Å². The Labute approximate surface area is 217 Å². The molecule has 4 rings (SSSR count). The lowest BCUT2D eigenvalue weighted by atomic mass is 9.88. The zero-order valence-electron chi connectivity index (χ0n) is 20.2. The third kappa shape index (κ3) is 5.50. The van der Waals surface area contributed by atoms with Crippen LogP contribution in [0.1, 0.15) is 17.2 Å². The average molecular weight is 569 g/mol. The van der Waals surface area contributed by atoms with E-state index in [0.29, 0.717) is 35.0 Å². The number of nitrogens with one attached hydrogen (secondary N) is 1. The lowest BCUT2D eigenvalue weighted by Crippen LogP contribution is -2.43. The number of benzene rings is 3. The number of nitrogens with zero attached hydrogens (tertiary/aromatic N) is 1. The van der Waals surface area contributed by atoms with Crippen molar-refractivity contribution >= 4 is 31.8 Å². The predicted octanol–water partition coefficient (Wildman–Crippen LogP) is 4.20. The van der Waals surface area contributed by atoms with E-state index in [-0.39, 0.29) is 26.5 Å². The number of hydrogen-bond acceptors (Lipinski definition) is 8. The number of urea groups is 1. The Hall–Kier alpha value is -3.91. The number of sulfonamides is 2. The molecule has 14 heteroatoms. The van der Waals surface area contributed by atoms with E-state index in [4.69, 9.17) is 14.2 Å². The van der Waals surface area contributed by atoms with E-state index in [1.807, 2.05) is 0 Å². The summed E-state index contributed by atoms with van der Waals surface area (Å²) in [7, 11) is -7.45. The van der Waals surface area contributed by atoms with Crippen molar-refractivity contribution in [1.82, 2.24) is 3.71 Å². The van der Waals surface area contributed by atoms with E-state index < -0.39 is 38.8 Å². The minimum atomic E-state index is -4.47. The average Bonchev–Trinajstić information content (AvgIpc) is 2.81. The Morgan fingerprint density at radius 2 is 1.68 bits per heavy atom. The van der Waals surface area contributed by atoms with Crippen molar-refractivity contribution in [1.29, 1.82) is 0 Å². The summed E-state index contributed by atoms with van der Waals surface area (Å²) in [4.78, 5) is 12.7. The number of amides is 2. The summed E-state index contributed by atoms with van der Waals surface area (Å²) in [6.07, 6.45) is 0.343. The summed E-state index contributed by atoms with van der Waals surface area (Å²) in [5.41, 5.74) is 1.73. The van der Waals surface area contributed by atoms with E-state index >= 15 is 0 Å². The number of anilines is 1. The molecule has 38 heavy (non-hydrogen) atoms. The van der Waals surface area contributed by atoms with Gasteiger partial charge in [-0.15, -0.1) is 3.71 Å². The van der Waals surface area contributed by atoms with Gasteiger partial charge in [-0.3, -0.25) is 0 Å². The largest absolute Gasteiger partial charge is 0.497 e. The molecule has 0 aromatic heterocycles. The molecule has 0 saturated carbocycles. The summed E-state index contributed by atoms with van der Waals surface area (Å²) < 4.78 is 90.1. The van der Waals surface area contributed by atoms with Crippen LogP contribution in [0.4, 0.5) is 19.3 Å². The first-order chi connectivity index (χ1) is 17.8. The molecule has 3 aromatic rings. The Bertz CT molecular complexity index is 1580. The molecular formula is C24H22F2N2O8S2. The Morgan fingerprint density at radius 3 is 2.32 bits per heavy atom. The highest BCUT2D eigenvalue weighted by Crippen LogP contribution is 2.50. The molecule has 0 saturated heterocycles. The van der Waals surface area contributed by atoms with Crippen LogP contribution in [-0.2, 0) is 20.0 Å². The lowest BCUT2D eigenvalue weighted by molar-refractivity contribution is -0.0496. The normalized spacial score (nSPS) is 14.6. The second-order valence-corrected chi connectivity index (χ2v) is 12.1. The first-order valence-electron chi connectivity index (χ1n) is 10.8. The third-order valence-corrected chi connectivity index (χ3v) is 8.63. The number of halogens is 2. The molecule has 0 radical (unpaired) electrons. The minimum Gasteiger partial charge on any atom is -0.497 e. The maximum atomic E-state index is 13.1. The Morgan fingerprint density at radius 1 is 1.00 bits per heavy atom. The topological polar surface area (TPSA) is 128 Å². The lowest BCUT2D eigenvalue weighted by Gasteiger charge is -2.31. The Balaban J connectivity index is 1.85. The number of ether oxygens (including phenoxy) is 3. The zero-order valence-corrected chi connectivity index (χ0v) is 21.8. The molecule has 3 aromatic carbocycles. The highest BCUT2D eigenvalue weighted by Gasteiger charge is 2.34. The molecule has 10 nitrogen and oxygen atoms in total. The van der Waals surface area contributed by atoms with Crippen molar-refractivity contribution in [2.45, 2.75) is 12.7 Å². The van der Waals surface area contributed by atoms with E-state index in [1.54, 1.807) is 30.3 Å². The molecule has 1 unspecified atom stereocenters. The second-order valence-electron chi connectivity index (χ2n) is 8.24. The maximum absolute atomic E-state index is 13.1. The number of carbonyl (C=O) groups excluding carboxylic acids is 1. The SMILES string of the molecule is COc1cccc(C2Oc3cccc(OC(F)F)c3-c3ccc(NC(=O)N(S(C)(=O)=O)S(C)(=O)=O)cc32)c1. The molecule has 0 spiro atoms. The summed E-state index contributed by atoms with van der Waals surface area (Å²) in [6.45, 7) is -3.10. The summed E-state index contributed by atoms with van der Waals surface area (Å²) in [5.74, 6) is 0.648. The van der Waals surface area contributed by atoms with Gasteiger partial charge >= 0.3 is 12.6 Å². The number of carbonyl (C=O) groups is 1. The van der Waals surface area contributed by atoms with Gasteiger partial charge in [0.05, 0.1) is 25.2 Å². The van der Waals surface area contributed by atoms with Crippen LogP contribution < -0.4 is 19.5 Å². The molecule has 2 amide bonds. The first-order valence-corrected chi connectivity index (χ1v) is 14.5. The van der Waals surface area contributed by atoms with Crippen LogP contribution in [0.15, 0.2) is 60.7 Å². The van der Waals surface area contributed by atoms with Crippen molar-refractivity contribution in [3.63, 3.8) is 0 Å². The van der Waals surface area contributed by atoms with Crippen molar-refractivity contribution in [3.05, 3.63) is 71.8 Å². The van der Waals surface area contributed by atoms with Gasteiger partial charge in [-0.1, -0.05) is 24.3 Å². The Kier molecular flexibility index (Phi) is 7.21. The molecule has 202 valence electrons. The van der Waals surface area contributed by atoms with Crippen LogP contribution in [-0.4, -0.2) is 52.8 Å². The van der Waals surface area contributed by atoms with Crippen molar-refractivity contribution in [2.75, 3.05) is 24.9 Å². The van der Waals surface area contributed by atoms with Crippen LogP contribution in [0.25, 0.3) is 11.1 Å². The van der Waals surface area contributed by atoms with E-state index in [1.165, 1.54) is 37.4 Å². The number of hydrogen-bond donors (Lipinski definition) is 1. The number of rotatable bonds is 7. The molecule has 0 aliphatic carbocycles. The standard InChI is InChI=1S/C24H22F2N2O8S2/c1-34-16-7-4-6-14(12-16)22-18-13-15(27-24(29)28(37(2,30)31)38(3,32)33)10-11-17(18)21-19(35-22)8-5-9-20(21)36-23(25)26/h4-13,22-23H,1-3H3,(H,27,29). The number of methoxy groups -OCH3 is 1. The molecule has 0 fully saturated rings. The fraction of sp³-hybridized carbons (Fsp3) is 0.208. The van der Waals surface area contributed by atoms with Crippen LogP contribution in [0.2, 0.25) is 0 Å². The number of alkyl halides is 2. The predicted molar refractivity (Wildman–Crippen MR) is 135 cm³/mol. The first kappa shape index (κ1) is 27.1. The highest BCUT2D eigenvalue weighted by molar-refractivity contribution is 8.04. The van der Waals surface area contributed by atoms with E-state index in [2.05, 4.69) is 5.32 Å². The van der Waals surface area contributed by atoms with Crippen LogP contribution >= 0.6 is 0 Å². The van der Waals surface area contributed by atoms with Gasteiger partial charge in [-0.05, 0) is 42.0 Å². The fourth-order valence-electron chi connectivity index (χ4n) is 4.11. The number of fused-ring (bicyclic) bond motifs is 3. The molecule has 0 bridgehead atoms. The quantitative estimate of drug-likeness (QED) is 0.449. The smallest absolute Gasteiger partial charge is 0.387 e. The molecular weight excluding hydrogens is 546 g/mol. The van der Waals surface area contributed by atoms with Gasteiger partial charge in [0.1, 0.15) is 23.4 Å². The van der Waals surface area contributed by atoms with Crippen molar-refractivity contribution in [2.24, 2.45) is 0 Å². The molecule has 1 aliphatic heterocycles. The highest BCUT2D eigenvalue weighted by atomic mass is 32.3. The molecule has 1 N–H and O–H groups in total. The van der Waals surface area contributed by atoms with Gasteiger partial charge in [-0.2, -0.15) is 8.78 Å². The summed E-state index contributed by atoms with van der Waals surface area (Å²) >= 11 is 0. The fourth-order valence-corrected chi connectivity index (χ4v) is 6.77. The molecule has 1 aliphatic rings. The molecule has 1 atom stereocenters. The van der Waals surface area contributed by atoms with Crippen LogP contribution in [0.3, 0.4) is 0 Å². The summed E-state index contributed by atoms with van der Waals surface area (Å²) in [6, 6.07) is 14.2. The van der Waals surface area contributed by atoms with Crippen molar-refractivity contribution < 1.29 is 44.6 Å². The van der Waals surface area contributed by atoms with Gasteiger partial charge in [0.2, 0.25) is 20.0 Å². The van der Waals surface area contributed by atoms with Crippen LogP contribution in [0, 0.1) is 0 Å². The van der Waals surface area contributed by atoms with E-state index in [9.17, 15) is 30.4 Å². The summed E-state index contributed by atoms with van der Waals surface area (Å²) in [5, 5.41) is 2.27. The van der Waals surface area contributed by atoms with Gasteiger partial charge in [-0.25, -0.2) is 21.6 Å². The van der Waals surface area contributed by atoms with Gasteiger partial charge in [0.25, 0.3) is 0 Å². The third-order valence-electron chi connectivity index (χ3n) is 5.47. The zero-order chi connectivity index (χ0) is 27.8. The molecule has 1 heterocycles. The monoisotopic (exact) mass is 568 g/mol. The maximum Gasteiger partial charge on any atom is 0.387 e. The van der Waals surface area contributed by atoms with Gasteiger partial charge in [0.15, 0.2) is 0 Å².